The summed E-state index contributed by atoms with van der Waals surface area (Å²) < 4.78 is 0.845. The van der Waals surface area contributed by atoms with Crippen LogP contribution < -0.4 is 0 Å². The summed E-state index contributed by atoms with van der Waals surface area (Å²) in [6.07, 6.45) is 9.00. The van der Waals surface area contributed by atoms with E-state index < -0.39 is 0 Å². The summed E-state index contributed by atoms with van der Waals surface area (Å²) in [6.45, 7) is 4.79. The number of hydrogen-bond acceptors (Lipinski definition) is 4. The molecule has 0 nitrogen and oxygen atoms in total. The van der Waals surface area contributed by atoms with Crippen LogP contribution in [0.1, 0.15) is 52.4 Å². The molecule has 0 aromatic rings. The van der Waals surface area contributed by atoms with Crippen molar-refractivity contribution in [3.8, 4) is 0 Å². The van der Waals surface area contributed by atoms with Gasteiger partial charge in [-0.25, -0.2) is 0 Å². The molecule has 0 aromatic carbocycles. The Balaban J connectivity index is 1.32. The van der Waals surface area contributed by atoms with Gasteiger partial charge in [0.05, 0.1) is 0 Å². The topological polar surface area (TPSA) is 0 Å². The van der Waals surface area contributed by atoms with Crippen LogP contribution in [0.5, 0.6) is 0 Å². The van der Waals surface area contributed by atoms with Crippen LogP contribution in [0.25, 0.3) is 0 Å². The Morgan fingerprint density at radius 3 is 1.82 bits per heavy atom. The molecule has 3 saturated heterocycles. The maximum absolute atomic E-state index is 2.43. The Morgan fingerprint density at radius 1 is 0.636 bits per heavy atom. The SMILES string of the molecule is CC1CCC(C2CCC(CCC3CSC(C)SC3)CS2)SC1. The van der Waals surface area contributed by atoms with Gasteiger partial charge in [0.1, 0.15) is 0 Å². The van der Waals surface area contributed by atoms with Gasteiger partial charge in [-0.15, -0.1) is 23.5 Å². The van der Waals surface area contributed by atoms with E-state index in [4.69, 9.17) is 0 Å². The van der Waals surface area contributed by atoms with Crippen molar-refractivity contribution in [3.05, 3.63) is 0 Å². The molecule has 3 aliphatic heterocycles. The van der Waals surface area contributed by atoms with Crippen molar-refractivity contribution in [1.82, 2.24) is 0 Å². The highest BCUT2D eigenvalue weighted by molar-refractivity contribution is 8.17. The van der Waals surface area contributed by atoms with Crippen LogP contribution in [0, 0.1) is 17.8 Å². The van der Waals surface area contributed by atoms with Gasteiger partial charge >= 0.3 is 0 Å². The minimum Gasteiger partial charge on any atom is -0.157 e. The maximum atomic E-state index is 2.43. The fourth-order valence-electron chi connectivity index (χ4n) is 3.82. The zero-order chi connectivity index (χ0) is 15.4. The maximum Gasteiger partial charge on any atom is 0.0474 e. The Bertz CT molecular complexity index is 311. The van der Waals surface area contributed by atoms with Crippen molar-refractivity contribution in [3.63, 3.8) is 0 Å². The Hall–Kier alpha value is 1.40. The monoisotopic (exact) mass is 376 g/mol. The van der Waals surface area contributed by atoms with E-state index in [1.165, 1.54) is 61.5 Å². The summed E-state index contributed by atoms with van der Waals surface area (Å²) in [7, 11) is 0. The van der Waals surface area contributed by atoms with E-state index in [2.05, 4.69) is 60.9 Å². The van der Waals surface area contributed by atoms with Crippen molar-refractivity contribution in [2.24, 2.45) is 17.8 Å². The molecule has 128 valence electrons. The van der Waals surface area contributed by atoms with Crippen LogP contribution in [-0.2, 0) is 0 Å². The summed E-state index contributed by atoms with van der Waals surface area (Å²) in [5.41, 5.74) is 0. The number of rotatable bonds is 4. The molecule has 3 fully saturated rings. The highest BCUT2D eigenvalue weighted by Gasteiger charge is 2.31. The van der Waals surface area contributed by atoms with E-state index in [1.54, 1.807) is 0 Å². The molecule has 3 heterocycles. The zero-order valence-electron chi connectivity index (χ0n) is 14.2. The average Bonchev–Trinajstić information content (AvgIpc) is 2.56. The van der Waals surface area contributed by atoms with Crippen LogP contribution in [-0.4, -0.2) is 38.1 Å². The Morgan fingerprint density at radius 2 is 1.23 bits per heavy atom. The molecule has 0 aliphatic carbocycles. The lowest BCUT2D eigenvalue weighted by molar-refractivity contribution is 0.408. The standard InChI is InChI=1S/C18H32S4/c1-13-3-7-17(21-9-13)18-8-6-15(10-22-18)4-5-16-11-19-14(2)20-12-16/h13-18H,3-12H2,1-2H3. The third kappa shape index (κ3) is 5.46. The third-order valence-electron chi connectivity index (χ3n) is 5.48. The predicted octanol–water partition coefficient (Wildman–Crippen LogP) is 6.25. The van der Waals surface area contributed by atoms with E-state index >= 15 is 0 Å². The Labute approximate surface area is 154 Å². The molecule has 0 amide bonds. The van der Waals surface area contributed by atoms with E-state index in [0.29, 0.717) is 0 Å². The van der Waals surface area contributed by atoms with Gasteiger partial charge in [0.2, 0.25) is 0 Å². The van der Waals surface area contributed by atoms with Crippen molar-refractivity contribution in [2.45, 2.75) is 67.5 Å². The predicted molar refractivity (Wildman–Crippen MR) is 111 cm³/mol. The third-order valence-corrected chi connectivity index (χ3v) is 12.1. The molecule has 4 atom stereocenters. The molecule has 0 aromatic heterocycles. The molecule has 0 radical (unpaired) electrons. The lowest BCUT2D eigenvalue weighted by Crippen LogP contribution is -2.30. The zero-order valence-corrected chi connectivity index (χ0v) is 17.4. The molecular weight excluding hydrogens is 344 g/mol. The van der Waals surface area contributed by atoms with Crippen LogP contribution in [0.2, 0.25) is 0 Å². The van der Waals surface area contributed by atoms with Crippen LogP contribution in [0.4, 0.5) is 0 Å². The first kappa shape index (κ1) is 18.2. The van der Waals surface area contributed by atoms with E-state index in [-0.39, 0.29) is 0 Å². The molecule has 4 unspecified atom stereocenters. The molecule has 0 N–H and O–H groups in total. The van der Waals surface area contributed by atoms with Crippen LogP contribution in [0.3, 0.4) is 0 Å². The van der Waals surface area contributed by atoms with Gasteiger partial charge in [0.25, 0.3) is 0 Å². The van der Waals surface area contributed by atoms with Crippen LogP contribution in [0.15, 0.2) is 0 Å². The summed E-state index contributed by atoms with van der Waals surface area (Å²) in [5.74, 6) is 8.73. The summed E-state index contributed by atoms with van der Waals surface area (Å²) in [6, 6.07) is 0. The molecule has 3 aliphatic rings. The van der Waals surface area contributed by atoms with Crippen molar-refractivity contribution >= 4 is 47.0 Å². The van der Waals surface area contributed by atoms with Crippen molar-refractivity contribution in [2.75, 3.05) is 23.0 Å². The van der Waals surface area contributed by atoms with Gasteiger partial charge in [-0.3, -0.25) is 0 Å². The highest BCUT2D eigenvalue weighted by Crippen LogP contribution is 2.42. The minimum atomic E-state index is 0.845. The minimum absolute atomic E-state index is 0.845. The second kappa shape index (κ2) is 9.20. The van der Waals surface area contributed by atoms with E-state index in [1.807, 2.05) is 0 Å². The second-order valence-corrected chi connectivity index (χ2v) is 13.1. The van der Waals surface area contributed by atoms with Gasteiger partial charge in [-0.1, -0.05) is 6.92 Å². The van der Waals surface area contributed by atoms with Gasteiger partial charge in [0.15, 0.2) is 0 Å². The molecule has 0 saturated carbocycles. The number of thioether (sulfide) groups is 4. The molecular formula is C18H32S4. The fraction of sp³-hybridized carbons (Fsp3) is 1.00. The molecule has 22 heavy (non-hydrogen) atoms. The van der Waals surface area contributed by atoms with Gasteiger partial charge in [0, 0.05) is 15.1 Å². The first-order valence-electron chi connectivity index (χ1n) is 9.17. The summed E-state index contributed by atoms with van der Waals surface area (Å²) in [4.78, 5) is 0. The molecule has 3 rings (SSSR count). The van der Waals surface area contributed by atoms with Crippen molar-refractivity contribution < 1.29 is 0 Å². The first-order chi connectivity index (χ1) is 10.7. The molecule has 4 heteroatoms. The molecule has 0 spiro atoms. The fourth-order valence-corrected chi connectivity index (χ4v) is 9.86. The lowest BCUT2D eigenvalue weighted by atomic mass is 9.92. The number of hydrogen-bond donors (Lipinski definition) is 0. The normalized spacial score (nSPS) is 43.9. The van der Waals surface area contributed by atoms with Crippen LogP contribution >= 0.6 is 47.0 Å². The first-order valence-corrected chi connectivity index (χ1v) is 13.4. The summed E-state index contributed by atoms with van der Waals surface area (Å²) >= 11 is 9.00. The molecule has 0 bridgehead atoms. The Kier molecular flexibility index (Phi) is 7.61. The summed E-state index contributed by atoms with van der Waals surface area (Å²) in [5, 5.41) is 1.96. The second-order valence-electron chi connectivity index (χ2n) is 7.55. The van der Waals surface area contributed by atoms with E-state index in [0.717, 1.165) is 32.8 Å². The lowest BCUT2D eigenvalue weighted by Gasteiger charge is -2.36. The van der Waals surface area contributed by atoms with Gasteiger partial charge < -0.3 is 0 Å². The van der Waals surface area contributed by atoms with Gasteiger partial charge in [-0.2, -0.15) is 23.5 Å². The van der Waals surface area contributed by atoms with Gasteiger partial charge in [-0.05, 0) is 86.2 Å². The van der Waals surface area contributed by atoms with Crippen molar-refractivity contribution in [1.29, 1.82) is 0 Å². The average molecular weight is 377 g/mol. The largest absolute Gasteiger partial charge is 0.157 e. The quantitative estimate of drug-likeness (QED) is 0.568. The smallest absolute Gasteiger partial charge is 0.0474 e. The highest BCUT2D eigenvalue weighted by atomic mass is 32.2. The van der Waals surface area contributed by atoms with E-state index in [9.17, 15) is 0 Å².